The van der Waals surface area contributed by atoms with Gasteiger partial charge in [0.25, 0.3) is 0 Å². The van der Waals surface area contributed by atoms with E-state index in [9.17, 15) is 12.8 Å². The molecule has 0 aliphatic carbocycles. The number of hydrogen-bond acceptors (Lipinski definition) is 4. The van der Waals surface area contributed by atoms with Crippen LogP contribution in [-0.2, 0) is 14.8 Å². The normalized spacial score (nSPS) is 17.0. The van der Waals surface area contributed by atoms with Crippen molar-refractivity contribution >= 4 is 21.6 Å². The van der Waals surface area contributed by atoms with Crippen LogP contribution in [0.1, 0.15) is 6.42 Å². The standard InChI is InChI=1S/C13H18ClFN2O3S/c14-12-10-11(15)2-3-13(12)21(18,19)16-4-1-5-17-6-8-20-9-7-17/h2-3,10,16H,1,4-9H2. The first-order valence-electron chi connectivity index (χ1n) is 6.74. The molecule has 0 radical (unpaired) electrons. The van der Waals surface area contributed by atoms with Crippen LogP contribution in [0.3, 0.4) is 0 Å². The number of nitrogens with one attached hydrogen (secondary N) is 1. The summed E-state index contributed by atoms with van der Waals surface area (Å²) in [6.45, 7) is 4.30. The first kappa shape index (κ1) is 16.6. The Hall–Kier alpha value is -0.730. The van der Waals surface area contributed by atoms with E-state index in [0.29, 0.717) is 13.0 Å². The van der Waals surface area contributed by atoms with E-state index < -0.39 is 15.8 Å². The molecule has 1 aliphatic rings. The van der Waals surface area contributed by atoms with Gasteiger partial charge in [0.15, 0.2) is 0 Å². The van der Waals surface area contributed by atoms with Crippen LogP contribution in [0.2, 0.25) is 5.02 Å². The highest BCUT2D eigenvalue weighted by molar-refractivity contribution is 7.89. The molecule has 21 heavy (non-hydrogen) atoms. The third-order valence-electron chi connectivity index (χ3n) is 3.23. The lowest BCUT2D eigenvalue weighted by molar-refractivity contribution is 0.0376. The number of halogens is 2. The van der Waals surface area contributed by atoms with Gasteiger partial charge in [-0.15, -0.1) is 0 Å². The molecule has 8 heteroatoms. The van der Waals surface area contributed by atoms with Gasteiger partial charge in [-0.3, -0.25) is 4.90 Å². The molecule has 0 bridgehead atoms. The van der Waals surface area contributed by atoms with E-state index in [4.69, 9.17) is 16.3 Å². The maximum Gasteiger partial charge on any atom is 0.242 e. The smallest absolute Gasteiger partial charge is 0.242 e. The fourth-order valence-electron chi connectivity index (χ4n) is 2.10. The third kappa shape index (κ3) is 4.89. The van der Waals surface area contributed by atoms with Crippen molar-refractivity contribution in [1.82, 2.24) is 9.62 Å². The van der Waals surface area contributed by atoms with Crippen molar-refractivity contribution in [3.63, 3.8) is 0 Å². The summed E-state index contributed by atoms with van der Waals surface area (Å²) in [6, 6.07) is 3.24. The first-order valence-corrected chi connectivity index (χ1v) is 8.60. The quantitative estimate of drug-likeness (QED) is 0.799. The molecule has 2 rings (SSSR count). The van der Waals surface area contributed by atoms with E-state index in [1.54, 1.807) is 0 Å². The topological polar surface area (TPSA) is 58.6 Å². The zero-order valence-corrected chi connectivity index (χ0v) is 13.1. The molecule has 1 heterocycles. The van der Waals surface area contributed by atoms with Crippen molar-refractivity contribution < 1.29 is 17.5 Å². The van der Waals surface area contributed by atoms with Gasteiger partial charge in [0.2, 0.25) is 10.0 Å². The van der Waals surface area contributed by atoms with E-state index in [1.165, 1.54) is 6.07 Å². The van der Waals surface area contributed by atoms with Crippen molar-refractivity contribution in [3.05, 3.63) is 29.0 Å². The Morgan fingerprint density at radius 3 is 2.71 bits per heavy atom. The van der Waals surface area contributed by atoms with Gasteiger partial charge in [0.1, 0.15) is 10.7 Å². The van der Waals surface area contributed by atoms with Crippen molar-refractivity contribution in [3.8, 4) is 0 Å². The zero-order valence-electron chi connectivity index (χ0n) is 11.5. The van der Waals surface area contributed by atoms with Crippen LogP contribution >= 0.6 is 11.6 Å². The van der Waals surface area contributed by atoms with Gasteiger partial charge in [0.05, 0.1) is 18.2 Å². The van der Waals surface area contributed by atoms with Crippen LogP contribution in [0.5, 0.6) is 0 Å². The highest BCUT2D eigenvalue weighted by atomic mass is 35.5. The maximum atomic E-state index is 12.9. The van der Waals surface area contributed by atoms with E-state index >= 15 is 0 Å². The van der Waals surface area contributed by atoms with Crippen LogP contribution in [0.15, 0.2) is 23.1 Å². The molecule has 118 valence electrons. The molecule has 1 N–H and O–H groups in total. The van der Waals surface area contributed by atoms with Gasteiger partial charge in [-0.2, -0.15) is 0 Å². The molecule has 0 spiro atoms. The monoisotopic (exact) mass is 336 g/mol. The van der Waals surface area contributed by atoms with E-state index in [1.807, 2.05) is 0 Å². The van der Waals surface area contributed by atoms with Crippen LogP contribution in [0.25, 0.3) is 0 Å². The van der Waals surface area contributed by atoms with Gasteiger partial charge in [-0.05, 0) is 31.2 Å². The third-order valence-corrected chi connectivity index (χ3v) is 5.17. The lowest BCUT2D eigenvalue weighted by Gasteiger charge is -2.26. The number of nitrogens with zero attached hydrogens (tertiary/aromatic N) is 1. The molecule has 1 saturated heterocycles. The molecule has 1 fully saturated rings. The second-order valence-electron chi connectivity index (χ2n) is 4.78. The Morgan fingerprint density at radius 1 is 1.33 bits per heavy atom. The predicted octanol–water partition coefficient (Wildman–Crippen LogP) is 1.48. The highest BCUT2D eigenvalue weighted by Gasteiger charge is 2.18. The highest BCUT2D eigenvalue weighted by Crippen LogP contribution is 2.21. The Kier molecular flexibility index (Phi) is 5.95. The molecule has 1 aromatic rings. The summed E-state index contributed by atoms with van der Waals surface area (Å²) < 4.78 is 44.8. The average molecular weight is 337 g/mol. The summed E-state index contributed by atoms with van der Waals surface area (Å²) in [4.78, 5) is 2.12. The number of hydrogen-bond donors (Lipinski definition) is 1. The lowest BCUT2D eigenvalue weighted by atomic mass is 10.3. The summed E-state index contributed by atoms with van der Waals surface area (Å²) >= 11 is 5.77. The predicted molar refractivity (Wildman–Crippen MR) is 78.5 cm³/mol. The lowest BCUT2D eigenvalue weighted by Crippen LogP contribution is -2.38. The molecule has 1 aromatic carbocycles. The minimum absolute atomic E-state index is 0.100. The summed E-state index contributed by atoms with van der Waals surface area (Å²) in [6.07, 6.45) is 0.693. The summed E-state index contributed by atoms with van der Waals surface area (Å²) in [7, 11) is -3.70. The van der Waals surface area contributed by atoms with Gasteiger partial charge in [-0.1, -0.05) is 11.6 Å². The van der Waals surface area contributed by atoms with E-state index in [-0.39, 0.29) is 9.92 Å². The maximum absolute atomic E-state index is 12.9. The zero-order chi connectivity index (χ0) is 15.3. The van der Waals surface area contributed by atoms with Gasteiger partial charge < -0.3 is 4.74 Å². The minimum atomic E-state index is -3.70. The Morgan fingerprint density at radius 2 is 2.05 bits per heavy atom. The number of sulfonamides is 1. The van der Waals surface area contributed by atoms with E-state index in [2.05, 4.69) is 9.62 Å². The molecule has 1 aliphatic heterocycles. The van der Waals surface area contributed by atoms with Crippen molar-refractivity contribution in [1.29, 1.82) is 0 Å². The van der Waals surface area contributed by atoms with Gasteiger partial charge in [0, 0.05) is 19.6 Å². The largest absolute Gasteiger partial charge is 0.379 e. The van der Waals surface area contributed by atoms with Crippen LogP contribution in [0, 0.1) is 5.82 Å². The molecule has 0 amide bonds. The number of ether oxygens (including phenoxy) is 1. The van der Waals surface area contributed by atoms with Crippen molar-refractivity contribution in [2.45, 2.75) is 11.3 Å². The second kappa shape index (κ2) is 7.51. The van der Waals surface area contributed by atoms with Crippen molar-refractivity contribution in [2.24, 2.45) is 0 Å². The Bertz CT molecular complexity index is 577. The van der Waals surface area contributed by atoms with E-state index in [0.717, 1.165) is 45.0 Å². The fourth-order valence-corrected chi connectivity index (χ4v) is 3.71. The Labute approximate surface area is 129 Å². The first-order chi connectivity index (χ1) is 9.99. The Balaban J connectivity index is 1.83. The van der Waals surface area contributed by atoms with Gasteiger partial charge in [-0.25, -0.2) is 17.5 Å². The number of morpholine rings is 1. The van der Waals surface area contributed by atoms with Gasteiger partial charge >= 0.3 is 0 Å². The van der Waals surface area contributed by atoms with Crippen LogP contribution in [0.4, 0.5) is 4.39 Å². The fraction of sp³-hybridized carbons (Fsp3) is 0.538. The molecular formula is C13H18ClFN2O3S. The molecule has 5 nitrogen and oxygen atoms in total. The number of benzene rings is 1. The van der Waals surface area contributed by atoms with Crippen LogP contribution in [-0.4, -0.2) is 52.7 Å². The molecule has 0 atom stereocenters. The van der Waals surface area contributed by atoms with Crippen LogP contribution < -0.4 is 4.72 Å². The molecule has 0 saturated carbocycles. The molecule has 0 unspecified atom stereocenters. The summed E-state index contributed by atoms with van der Waals surface area (Å²) in [5, 5.41) is -0.115. The minimum Gasteiger partial charge on any atom is -0.379 e. The summed E-state index contributed by atoms with van der Waals surface area (Å²) in [5.41, 5.74) is 0. The number of rotatable bonds is 6. The molecule has 0 aromatic heterocycles. The molecular weight excluding hydrogens is 319 g/mol. The second-order valence-corrected chi connectivity index (χ2v) is 6.92. The SMILES string of the molecule is O=S(=O)(NCCCN1CCOCC1)c1ccc(F)cc1Cl. The average Bonchev–Trinajstić information content (AvgIpc) is 2.44. The van der Waals surface area contributed by atoms with Crippen molar-refractivity contribution in [2.75, 3.05) is 39.4 Å². The summed E-state index contributed by atoms with van der Waals surface area (Å²) in [5.74, 6) is -0.564.